The first kappa shape index (κ1) is 21.0. The highest BCUT2D eigenvalue weighted by molar-refractivity contribution is 7.20. The number of carbonyl (C=O) groups excluding carboxylic acids is 1. The normalized spacial score (nSPS) is 15.3. The number of rotatable bonds is 9. The van der Waals surface area contributed by atoms with E-state index in [9.17, 15) is 4.79 Å². The molecule has 28 heavy (non-hydrogen) atoms. The van der Waals surface area contributed by atoms with E-state index < -0.39 is 0 Å². The van der Waals surface area contributed by atoms with Gasteiger partial charge in [0.2, 0.25) is 0 Å². The average Bonchev–Trinajstić information content (AvgIpc) is 3.03. The van der Waals surface area contributed by atoms with E-state index in [-0.39, 0.29) is 5.91 Å². The lowest BCUT2D eigenvalue weighted by molar-refractivity contribution is 0.0378. The molecular formula is C20H31N5O2S. The maximum atomic E-state index is 12.6. The van der Waals surface area contributed by atoms with Crippen LogP contribution in [0.15, 0.2) is 6.33 Å². The van der Waals surface area contributed by atoms with E-state index in [0.29, 0.717) is 12.5 Å². The number of ether oxygens (including phenoxy) is 1. The monoisotopic (exact) mass is 405 g/mol. The lowest BCUT2D eigenvalue weighted by Gasteiger charge is -2.26. The number of thiophene rings is 1. The molecule has 0 aliphatic carbocycles. The molecule has 154 valence electrons. The Morgan fingerprint density at radius 3 is 2.82 bits per heavy atom. The summed E-state index contributed by atoms with van der Waals surface area (Å²) in [5.41, 5.74) is 0.957. The Morgan fingerprint density at radius 2 is 2.07 bits per heavy atom. The van der Waals surface area contributed by atoms with Crippen molar-refractivity contribution in [3.8, 4) is 0 Å². The van der Waals surface area contributed by atoms with Gasteiger partial charge < -0.3 is 15.4 Å². The summed E-state index contributed by atoms with van der Waals surface area (Å²) < 4.78 is 5.39. The van der Waals surface area contributed by atoms with Crippen LogP contribution < -0.4 is 10.6 Å². The molecule has 1 aliphatic rings. The Hall–Kier alpha value is -1.77. The average molecular weight is 406 g/mol. The van der Waals surface area contributed by atoms with E-state index in [1.165, 1.54) is 11.3 Å². The molecule has 0 spiro atoms. The zero-order valence-corrected chi connectivity index (χ0v) is 17.9. The highest BCUT2D eigenvalue weighted by Crippen LogP contribution is 2.33. The highest BCUT2D eigenvalue weighted by atomic mass is 32.1. The number of aromatic nitrogens is 2. The van der Waals surface area contributed by atoms with Gasteiger partial charge in [0.15, 0.2) is 0 Å². The first-order chi connectivity index (χ1) is 13.6. The van der Waals surface area contributed by atoms with Crippen LogP contribution in [0.25, 0.3) is 10.2 Å². The van der Waals surface area contributed by atoms with Crippen LogP contribution in [0, 0.1) is 12.8 Å². The minimum Gasteiger partial charge on any atom is -0.379 e. The van der Waals surface area contributed by atoms with Gasteiger partial charge in [0.25, 0.3) is 5.91 Å². The van der Waals surface area contributed by atoms with Gasteiger partial charge in [-0.2, -0.15) is 0 Å². The van der Waals surface area contributed by atoms with Crippen LogP contribution in [-0.2, 0) is 4.74 Å². The fraction of sp³-hybridized carbons (Fsp3) is 0.650. The van der Waals surface area contributed by atoms with E-state index in [1.54, 1.807) is 6.33 Å². The highest BCUT2D eigenvalue weighted by Gasteiger charge is 2.19. The molecule has 7 nitrogen and oxygen atoms in total. The second-order valence-corrected chi connectivity index (χ2v) is 8.63. The minimum atomic E-state index is -0.0144. The summed E-state index contributed by atoms with van der Waals surface area (Å²) in [6.07, 6.45) is 3.59. The molecule has 2 N–H and O–H groups in total. The molecule has 0 aromatic carbocycles. The lowest BCUT2D eigenvalue weighted by atomic mass is 10.1. The number of aryl methyl sites for hydroxylation is 1. The van der Waals surface area contributed by atoms with E-state index in [2.05, 4.69) is 39.3 Å². The molecule has 0 atom stereocenters. The molecule has 0 radical (unpaired) electrons. The molecule has 1 fully saturated rings. The second-order valence-electron chi connectivity index (χ2n) is 7.63. The van der Waals surface area contributed by atoms with Gasteiger partial charge in [0.1, 0.15) is 17.0 Å². The van der Waals surface area contributed by atoms with Gasteiger partial charge >= 0.3 is 0 Å². The summed E-state index contributed by atoms with van der Waals surface area (Å²) in [7, 11) is 0. The lowest BCUT2D eigenvalue weighted by Crippen LogP contribution is -2.37. The number of fused-ring (bicyclic) bond motifs is 1. The van der Waals surface area contributed by atoms with Crippen molar-refractivity contribution in [2.24, 2.45) is 5.92 Å². The van der Waals surface area contributed by atoms with Crippen LogP contribution in [0.1, 0.15) is 41.9 Å². The summed E-state index contributed by atoms with van der Waals surface area (Å²) >= 11 is 1.44. The van der Waals surface area contributed by atoms with Crippen LogP contribution in [0.3, 0.4) is 0 Å². The van der Waals surface area contributed by atoms with Gasteiger partial charge in [0, 0.05) is 26.2 Å². The van der Waals surface area contributed by atoms with Crippen molar-refractivity contribution < 1.29 is 9.53 Å². The summed E-state index contributed by atoms with van der Waals surface area (Å²) in [6.45, 7) is 12.6. The van der Waals surface area contributed by atoms with Gasteiger partial charge in [0.05, 0.1) is 23.5 Å². The number of nitrogens with zero attached hydrogens (tertiary/aromatic N) is 3. The Kier molecular flexibility index (Phi) is 7.58. The van der Waals surface area contributed by atoms with Crippen molar-refractivity contribution in [1.29, 1.82) is 0 Å². The molecule has 1 aliphatic heterocycles. The molecule has 0 bridgehead atoms. The maximum absolute atomic E-state index is 12.6. The predicted octanol–water partition coefficient (Wildman–Crippen LogP) is 2.91. The zero-order chi connectivity index (χ0) is 19.9. The van der Waals surface area contributed by atoms with Crippen molar-refractivity contribution in [2.45, 2.75) is 33.6 Å². The van der Waals surface area contributed by atoms with Crippen LogP contribution in [0.5, 0.6) is 0 Å². The van der Waals surface area contributed by atoms with Crippen molar-refractivity contribution in [2.75, 3.05) is 51.3 Å². The van der Waals surface area contributed by atoms with Crippen LogP contribution in [0.2, 0.25) is 0 Å². The molecule has 0 unspecified atom stereocenters. The molecular weight excluding hydrogens is 374 g/mol. The van der Waals surface area contributed by atoms with Crippen LogP contribution in [0.4, 0.5) is 5.82 Å². The quantitative estimate of drug-likeness (QED) is 0.625. The smallest absolute Gasteiger partial charge is 0.261 e. The molecule has 8 heteroatoms. The van der Waals surface area contributed by atoms with Crippen molar-refractivity contribution in [3.05, 3.63) is 16.8 Å². The molecule has 0 saturated carbocycles. The summed E-state index contributed by atoms with van der Waals surface area (Å²) in [4.78, 5) is 25.4. The molecule has 3 heterocycles. The van der Waals surface area contributed by atoms with Gasteiger partial charge in [-0.15, -0.1) is 11.3 Å². The standard InChI is InChI=1S/C20H31N5O2S/c1-14(2)5-7-22-19(26)17-15(3)16-18(23-13-24-20(16)28-17)21-6-4-8-25-9-11-27-12-10-25/h13-14H,4-12H2,1-3H3,(H,22,26)(H,21,23,24). The number of carbonyl (C=O) groups is 1. The van der Waals surface area contributed by atoms with Gasteiger partial charge in [-0.25, -0.2) is 9.97 Å². The predicted molar refractivity (Wildman–Crippen MR) is 114 cm³/mol. The summed E-state index contributed by atoms with van der Waals surface area (Å²) in [6, 6.07) is 0. The van der Waals surface area contributed by atoms with Crippen molar-refractivity contribution >= 4 is 33.3 Å². The van der Waals surface area contributed by atoms with Crippen molar-refractivity contribution in [3.63, 3.8) is 0 Å². The third-order valence-electron chi connectivity index (χ3n) is 4.99. The Bertz CT molecular complexity index is 786. The van der Waals surface area contributed by atoms with Gasteiger partial charge in [-0.3, -0.25) is 9.69 Å². The first-order valence-corrected chi connectivity index (χ1v) is 10.9. The number of morpholine rings is 1. The fourth-order valence-corrected chi connectivity index (χ4v) is 4.38. The minimum absolute atomic E-state index is 0.0144. The molecule has 2 aromatic rings. The number of hydrogen-bond donors (Lipinski definition) is 2. The SMILES string of the molecule is Cc1c(C(=O)NCCC(C)C)sc2ncnc(NCCCN3CCOCC3)c12. The molecule has 1 amide bonds. The van der Waals surface area contributed by atoms with Gasteiger partial charge in [-0.05, 0) is 37.8 Å². The molecule has 1 saturated heterocycles. The maximum Gasteiger partial charge on any atom is 0.261 e. The summed E-state index contributed by atoms with van der Waals surface area (Å²) in [5.74, 6) is 1.38. The van der Waals surface area contributed by atoms with E-state index in [1.807, 2.05) is 6.92 Å². The van der Waals surface area contributed by atoms with Crippen LogP contribution >= 0.6 is 11.3 Å². The molecule has 3 rings (SSSR count). The van der Waals surface area contributed by atoms with E-state index >= 15 is 0 Å². The summed E-state index contributed by atoms with van der Waals surface area (Å²) in [5, 5.41) is 7.44. The Labute approximate surface area is 170 Å². The number of nitrogens with one attached hydrogen (secondary N) is 2. The second kappa shape index (κ2) is 10.1. The van der Waals surface area contributed by atoms with E-state index in [0.717, 1.165) is 78.7 Å². The van der Waals surface area contributed by atoms with Gasteiger partial charge in [-0.1, -0.05) is 13.8 Å². The third kappa shape index (κ3) is 5.40. The third-order valence-corrected chi connectivity index (χ3v) is 6.19. The topological polar surface area (TPSA) is 79.4 Å². The largest absolute Gasteiger partial charge is 0.379 e. The first-order valence-electron chi connectivity index (χ1n) is 10.1. The molecule has 2 aromatic heterocycles. The number of anilines is 1. The number of hydrogen-bond acceptors (Lipinski definition) is 7. The van der Waals surface area contributed by atoms with E-state index in [4.69, 9.17) is 4.74 Å². The fourth-order valence-electron chi connectivity index (χ4n) is 3.31. The van der Waals surface area contributed by atoms with Crippen molar-refractivity contribution in [1.82, 2.24) is 20.2 Å². The Morgan fingerprint density at radius 1 is 1.29 bits per heavy atom. The zero-order valence-electron chi connectivity index (χ0n) is 17.1. The number of amides is 1. The van der Waals surface area contributed by atoms with Crippen LogP contribution in [-0.4, -0.2) is 66.7 Å². The Balaban J connectivity index is 1.61.